The van der Waals surface area contributed by atoms with Gasteiger partial charge in [-0.1, -0.05) is 0 Å². The molecule has 1 fully saturated rings. The molecule has 6 N–H and O–H groups in total. The number of nitrogens with zero attached hydrogens (tertiary/aromatic N) is 1. The van der Waals surface area contributed by atoms with E-state index in [0.717, 1.165) is 0 Å². The molecular weight excluding hydrogens is 266 g/mol. The molecule has 0 aromatic carbocycles. The van der Waals surface area contributed by atoms with Crippen LogP contribution < -0.4 is 22.3 Å². The standard InChI is InChI=1S/C11H17N5O4/c1-5-4-16(11(19)15-9(5)18)8-2-6(17)7(20-8)3-14-10(12)13/h4,6-8,17H,2-3H2,1H3,(H4,12,13,14)(H,15,18,19)/t6-,7+,8+/m0/s1. The highest BCUT2D eigenvalue weighted by molar-refractivity contribution is 5.74. The van der Waals surface area contributed by atoms with Gasteiger partial charge in [0.15, 0.2) is 5.96 Å². The quantitative estimate of drug-likeness (QED) is 0.319. The molecule has 0 unspecified atom stereocenters. The second-order valence-electron chi connectivity index (χ2n) is 4.71. The topological polar surface area (TPSA) is 146 Å². The van der Waals surface area contributed by atoms with Crippen molar-refractivity contribution in [1.29, 1.82) is 5.41 Å². The fraction of sp³-hybridized carbons (Fsp3) is 0.545. The summed E-state index contributed by atoms with van der Waals surface area (Å²) in [5.41, 5.74) is 4.51. The second kappa shape index (κ2) is 5.47. The molecule has 0 aliphatic carbocycles. The number of ether oxygens (including phenoxy) is 1. The van der Waals surface area contributed by atoms with Crippen molar-refractivity contribution < 1.29 is 9.84 Å². The maximum atomic E-state index is 11.7. The number of aliphatic hydroxyl groups is 1. The van der Waals surface area contributed by atoms with Crippen LogP contribution in [0.1, 0.15) is 18.2 Å². The highest BCUT2D eigenvalue weighted by atomic mass is 16.5. The molecule has 0 spiro atoms. The summed E-state index contributed by atoms with van der Waals surface area (Å²) in [7, 11) is 0. The predicted molar refractivity (Wildman–Crippen MR) is 70.5 cm³/mol. The zero-order chi connectivity index (χ0) is 14.9. The Bertz CT molecular complexity index is 622. The first-order chi connectivity index (χ1) is 9.38. The first-order valence-corrected chi connectivity index (χ1v) is 6.12. The molecule has 20 heavy (non-hydrogen) atoms. The van der Waals surface area contributed by atoms with Crippen LogP contribution in [0.4, 0.5) is 0 Å². The lowest BCUT2D eigenvalue weighted by atomic mass is 10.2. The Morgan fingerprint density at radius 3 is 3.05 bits per heavy atom. The van der Waals surface area contributed by atoms with Crippen LogP contribution in [0.3, 0.4) is 0 Å². The lowest BCUT2D eigenvalue weighted by Crippen LogP contribution is -2.40. The monoisotopic (exact) mass is 283 g/mol. The Morgan fingerprint density at radius 1 is 1.70 bits per heavy atom. The minimum absolute atomic E-state index is 0.171. The molecule has 1 aliphatic heterocycles. The lowest BCUT2D eigenvalue weighted by molar-refractivity contribution is -0.0173. The molecule has 2 rings (SSSR count). The van der Waals surface area contributed by atoms with Gasteiger partial charge in [0.2, 0.25) is 0 Å². The van der Waals surface area contributed by atoms with E-state index in [1.54, 1.807) is 6.92 Å². The van der Waals surface area contributed by atoms with Gasteiger partial charge in [-0.05, 0) is 6.92 Å². The molecule has 1 aliphatic rings. The van der Waals surface area contributed by atoms with Gasteiger partial charge in [0, 0.05) is 24.7 Å². The third-order valence-corrected chi connectivity index (χ3v) is 3.15. The van der Waals surface area contributed by atoms with Gasteiger partial charge in [-0.25, -0.2) is 4.79 Å². The summed E-state index contributed by atoms with van der Waals surface area (Å²) >= 11 is 0. The van der Waals surface area contributed by atoms with E-state index in [2.05, 4.69) is 10.3 Å². The Kier molecular flexibility index (Phi) is 3.91. The van der Waals surface area contributed by atoms with E-state index < -0.39 is 29.7 Å². The SMILES string of the molecule is Cc1cn([C@H]2C[C@H](O)[C@@H](CNC(=N)N)O2)c(=O)[nH]c1=O. The normalized spacial score (nSPS) is 25.6. The molecule has 9 heteroatoms. The first-order valence-electron chi connectivity index (χ1n) is 6.12. The van der Waals surface area contributed by atoms with Crippen LogP contribution in [0.2, 0.25) is 0 Å². The van der Waals surface area contributed by atoms with Gasteiger partial charge in [0.25, 0.3) is 5.56 Å². The zero-order valence-electron chi connectivity index (χ0n) is 10.9. The molecule has 1 saturated heterocycles. The summed E-state index contributed by atoms with van der Waals surface area (Å²) in [5, 5.41) is 19.5. The van der Waals surface area contributed by atoms with Gasteiger partial charge in [-0.15, -0.1) is 0 Å². The number of aryl methyl sites for hydroxylation is 1. The molecule has 1 aromatic heterocycles. The van der Waals surface area contributed by atoms with Gasteiger partial charge in [-0.3, -0.25) is 19.8 Å². The highest BCUT2D eigenvalue weighted by Crippen LogP contribution is 2.27. The molecule has 0 saturated carbocycles. The maximum absolute atomic E-state index is 11.7. The van der Waals surface area contributed by atoms with Crippen LogP contribution in [-0.2, 0) is 4.74 Å². The summed E-state index contributed by atoms with van der Waals surface area (Å²) < 4.78 is 6.81. The largest absolute Gasteiger partial charge is 0.390 e. The van der Waals surface area contributed by atoms with Crippen LogP contribution in [-0.4, -0.2) is 39.4 Å². The van der Waals surface area contributed by atoms with Crippen LogP contribution >= 0.6 is 0 Å². The predicted octanol–water partition coefficient (Wildman–Crippen LogP) is -2.02. The summed E-state index contributed by atoms with van der Waals surface area (Å²) in [6, 6.07) is 0. The van der Waals surface area contributed by atoms with E-state index in [0.29, 0.717) is 5.56 Å². The molecule has 0 bridgehead atoms. The fourth-order valence-corrected chi connectivity index (χ4v) is 2.08. The molecule has 9 nitrogen and oxygen atoms in total. The van der Waals surface area contributed by atoms with Crippen molar-refractivity contribution in [1.82, 2.24) is 14.9 Å². The fourth-order valence-electron chi connectivity index (χ4n) is 2.08. The van der Waals surface area contributed by atoms with Crippen molar-refractivity contribution >= 4 is 5.96 Å². The van der Waals surface area contributed by atoms with Crippen molar-refractivity contribution in [2.45, 2.75) is 31.8 Å². The van der Waals surface area contributed by atoms with E-state index in [1.165, 1.54) is 10.8 Å². The van der Waals surface area contributed by atoms with Gasteiger partial charge in [0.05, 0.1) is 6.10 Å². The van der Waals surface area contributed by atoms with Crippen LogP contribution in [0, 0.1) is 12.3 Å². The lowest BCUT2D eigenvalue weighted by Gasteiger charge is -2.16. The van der Waals surface area contributed by atoms with Crippen LogP contribution in [0.25, 0.3) is 0 Å². The minimum Gasteiger partial charge on any atom is -0.390 e. The average Bonchev–Trinajstić information content (AvgIpc) is 2.72. The summed E-state index contributed by atoms with van der Waals surface area (Å²) in [4.78, 5) is 25.2. The number of guanidine groups is 1. The number of nitrogens with one attached hydrogen (secondary N) is 3. The van der Waals surface area contributed by atoms with E-state index >= 15 is 0 Å². The van der Waals surface area contributed by atoms with E-state index in [4.69, 9.17) is 15.9 Å². The molecule has 110 valence electrons. The molecule has 0 radical (unpaired) electrons. The third-order valence-electron chi connectivity index (χ3n) is 3.15. The molecule has 1 aromatic rings. The van der Waals surface area contributed by atoms with Gasteiger partial charge in [0.1, 0.15) is 12.3 Å². The third kappa shape index (κ3) is 2.89. The minimum atomic E-state index is -0.786. The number of rotatable bonds is 3. The van der Waals surface area contributed by atoms with Crippen molar-refractivity contribution in [2.75, 3.05) is 6.54 Å². The van der Waals surface area contributed by atoms with Crippen molar-refractivity contribution in [3.8, 4) is 0 Å². The summed E-state index contributed by atoms with van der Waals surface area (Å²) in [6.07, 6.45) is -0.407. The molecule has 0 amide bonds. The molecule has 3 atom stereocenters. The number of hydrogen-bond acceptors (Lipinski definition) is 5. The van der Waals surface area contributed by atoms with Gasteiger partial charge >= 0.3 is 5.69 Å². The van der Waals surface area contributed by atoms with E-state index in [1.807, 2.05) is 0 Å². The Morgan fingerprint density at radius 2 is 2.40 bits per heavy atom. The molecular formula is C11H17N5O4. The zero-order valence-corrected chi connectivity index (χ0v) is 10.9. The average molecular weight is 283 g/mol. The van der Waals surface area contributed by atoms with Crippen molar-refractivity contribution in [3.63, 3.8) is 0 Å². The maximum Gasteiger partial charge on any atom is 0.330 e. The number of aromatic amines is 1. The van der Waals surface area contributed by atoms with E-state index in [9.17, 15) is 14.7 Å². The van der Waals surface area contributed by atoms with Crippen LogP contribution in [0.15, 0.2) is 15.8 Å². The van der Waals surface area contributed by atoms with Crippen LogP contribution in [0.5, 0.6) is 0 Å². The number of hydrogen-bond donors (Lipinski definition) is 5. The Hall–Kier alpha value is -2.13. The van der Waals surface area contributed by atoms with Crippen molar-refractivity contribution in [3.05, 3.63) is 32.6 Å². The number of aromatic nitrogens is 2. The number of nitrogens with two attached hydrogens (primary N) is 1. The summed E-state index contributed by atoms with van der Waals surface area (Å²) in [6.45, 7) is 1.75. The smallest absolute Gasteiger partial charge is 0.330 e. The van der Waals surface area contributed by atoms with Gasteiger partial charge < -0.3 is 20.9 Å². The second-order valence-corrected chi connectivity index (χ2v) is 4.71. The molecule has 2 heterocycles. The van der Waals surface area contributed by atoms with Gasteiger partial charge in [-0.2, -0.15) is 0 Å². The van der Waals surface area contributed by atoms with Crippen molar-refractivity contribution in [2.24, 2.45) is 5.73 Å². The number of aliphatic hydroxyl groups excluding tert-OH is 1. The number of H-pyrrole nitrogens is 1. The Labute approximate surface area is 113 Å². The Balaban J connectivity index is 2.16. The first kappa shape index (κ1) is 14.3. The highest BCUT2D eigenvalue weighted by Gasteiger charge is 2.35. The van der Waals surface area contributed by atoms with E-state index in [-0.39, 0.29) is 18.9 Å². The summed E-state index contributed by atoms with van der Waals surface area (Å²) in [5.74, 6) is -0.221.